The van der Waals surface area contributed by atoms with Crippen LogP contribution in [0.3, 0.4) is 0 Å². The number of amides is 1. The van der Waals surface area contributed by atoms with Crippen LogP contribution in [0.15, 0.2) is 48.5 Å². The Morgan fingerprint density at radius 3 is 2.24 bits per heavy atom. The highest BCUT2D eigenvalue weighted by Gasteiger charge is 2.26. The highest BCUT2D eigenvalue weighted by molar-refractivity contribution is 5.89. The molecule has 1 saturated heterocycles. The van der Waals surface area contributed by atoms with Gasteiger partial charge >= 0.3 is 6.09 Å². The SMILES string of the molecule is COc1ccc(Oc2cc(C)nc3ccc(N4CCN(C(=O)OC(C)(C)C)CC4)cc23)cc1. The van der Waals surface area contributed by atoms with Crippen LogP contribution in [0.2, 0.25) is 0 Å². The van der Waals surface area contributed by atoms with Crippen LogP contribution in [-0.2, 0) is 4.74 Å². The second kappa shape index (κ2) is 9.17. The van der Waals surface area contributed by atoms with Crippen molar-refractivity contribution in [3.63, 3.8) is 0 Å². The molecule has 174 valence electrons. The summed E-state index contributed by atoms with van der Waals surface area (Å²) in [6.45, 7) is 10.3. The molecule has 1 aromatic heterocycles. The van der Waals surface area contributed by atoms with Crippen molar-refractivity contribution in [3.05, 3.63) is 54.2 Å². The minimum absolute atomic E-state index is 0.254. The van der Waals surface area contributed by atoms with Gasteiger partial charge in [-0.25, -0.2) is 4.79 Å². The third-order valence-corrected chi connectivity index (χ3v) is 5.47. The second-order valence-electron chi connectivity index (χ2n) is 9.20. The van der Waals surface area contributed by atoms with Gasteiger partial charge in [0.05, 0.1) is 12.6 Å². The molecule has 2 aromatic carbocycles. The lowest BCUT2D eigenvalue weighted by Crippen LogP contribution is -2.50. The average molecular weight is 450 g/mol. The third-order valence-electron chi connectivity index (χ3n) is 5.47. The fourth-order valence-electron chi connectivity index (χ4n) is 3.83. The molecule has 0 saturated carbocycles. The zero-order valence-electron chi connectivity index (χ0n) is 19.9. The van der Waals surface area contributed by atoms with Gasteiger partial charge in [0, 0.05) is 49.0 Å². The summed E-state index contributed by atoms with van der Waals surface area (Å²) in [7, 11) is 1.64. The van der Waals surface area contributed by atoms with Gasteiger partial charge in [0.15, 0.2) is 0 Å². The van der Waals surface area contributed by atoms with Crippen LogP contribution >= 0.6 is 0 Å². The topological polar surface area (TPSA) is 64.1 Å². The molecule has 4 rings (SSSR count). The van der Waals surface area contributed by atoms with Crippen LogP contribution in [0.4, 0.5) is 10.5 Å². The van der Waals surface area contributed by atoms with Crippen molar-refractivity contribution < 1.29 is 19.0 Å². The number of ether oxygens (including phenoxy) is 3. The van der Waals surface area contributed by atoms with E-state index in [9.17, 15) is 4.79 Å². The summed E-state index contributed by atoms with van der Waals surface area (Å²) in [4.78, 5) is 21.1. The molecule has 0 aliphatic carbocycles. The number of pyridine rings is 1. The van der Waals surface area contributed by atoms with Gasteiger partial charge in [0.2, 0.25) is 0 Å². The number of rotatable bonds is 4. The summed E-state index contributed by atoms with van der Waals surface area (Å²) < 4.78 is 17.0. The van der Waals surface area contributed by atoms with Crippen molar-refractivity contribution in [2.45, 2.75) is 33.3 Å². The number of fused-ring (bicyclic) bond motifs is 1. The van der Waals surface area contributed by atoms with Crippen LogP contribution in [0.5, 0.6) is 17.2 Å². The Labute approximate surface area is 194 Å². The molecule has 1 amide bonds. The van der Waals surface area contributed by atoms with E-state index in [-0.39, 0.29) is 6.09 Å². The van der Waals surface area contributed by atoms with E-state index in [1.807, 2.05) is 64.1 Å². The van der Waals surface area contributed by atoms with Gasteiger partial charge in [-0.1, -0.05) is 0 Å². The van der Waals surface area contributed by atoms with E-state index in [0.29, 0.717) is 13.1 Å². The Bertz CT molecular complexity index is 1130. The van der Waals surface area contributed by atoms with Gasteiger partial charge in [-0.3, -0.25) is 4.98 Å². The van der Waals surface area contributed by atoms with E-state index in [0.717, 1.165) is 52.6 Å². The first-order chi connectivity index (χ1) is 15.7. The first kappa shape index (κ1) is 22.7. The monoisotopic (exact) mass is 449 g/mol. The quantitative estimate of drug-likeness (QED) is 0.531. The number of carbonyl (C=O) groups is 1. The van der Waals surface area contributed by atoms with Crippen molar-refractivity contribution in [1.82, 2.24) is 9.88 Å². The Hall–Kier alpha value is -3.48. The molecule has 0 radical (unpaired) electrons. The molecule has 0 unspecified atom stereocenters. The molecule has 0 atom stereocenters. The van der Waals surface area contributed by atoms with Crippen molar-refractivity contribution in [3.8, 4) is 17.2 Å². The molecular weight excluding hydrogens is 418 g/mol. The maximum absolute atomic E-state index is 12.4. The summed E-state index contributed by atoms with van der Waals surface area (Å²) in [5, 5.41) is 0.948. The summed E-state index contributed by atoms with van der Waals surface area (Å²) >= 11 is 0. The number of carbonyl (C=O) groups excluding carboxylic acids is 1. The van der Waals surface area contributed by atoms with Gasteiger partial charge in [0.25, 0.3) is 0 Å². The minimum Gasteiger partial charge on any atom is -0.497 e. The van der Waals surface area contributed by atoms with Crippen molar-refractivity contribution in [2.24, 2.45) is 0 Å². The number of hydrogen-bond donors (Lipinski definition) is 0. The smallest absolute Gasteiger partial charge is 0.410 e. The van der Waals surface area contributed by atoms with E-state index >= 15 is 0 Å². The lowest BCUT2D eigenvalue weighted by molar-refractivity contribution is 0.0240. The first-order valence-corrected chi connectivity index (χ1v) is 11.2. The van der Waals surface area contributed by atoms with Gasteiger partial charge in [-0.2, -0.15) is 0 Å². The number of piperazine rings is 1. The standard InChI is InChI=1S/C26H31N3O4/c1-18-16-24(32-21-9-7-20(31-5)8-10-21)22-17-19(6-11-23(22)27-18)28-12-14-29(15-13-28)25(30)33-26(2,3)4/h6-11,16-17H,12-15H2,1-5H3. The highest BCUT2D eigenvalue weighted by atomic mass is 16.6. The van der Waals surface area contributed by atoms with Gasteiger partial charge in [-0.05, 0) is 70.2 Å². The van der Waals surface area contributed by atoms with Crippen molar-refractivity contribution in [1.29, 1.82) is 0 Å². The number of anilines is 1. The lowest BCUT2D eigenvalue weighted by atomic mass is 10.1. The number of hydrogen-bond acceptors (Lipinski definition) is 6. The molecule has 7 nitrogen and oxygen atoms in total. The molecule has 2 heterocycles. The van der Waals surface area contributed by atoms with Crippen molar-refractivity contribution >= 4 is 22.7 Å². The number of aryl methyl sites for hydroxylation is 1. The fraction of sp³-hybridized carbons (Fsp3) is 0.385. The maximum Gasteiger partial charge on any atom is 0.410 e. The molecule has 1 aliphatic rings. The van der Waals surface area contributed by atoms with Crippen LogP contribution in [0.25, 0.3) is 10.9 Å². The average Bonchev–Trinajstić information content (AvgIpc) is 2.78. The van der Waals surface area contributed by atoms with Gasteiger partial charge < -0.3 is 24.0 Å². The fourth-order valence-corrected chi connectivity index (χ4v) is 3.83. The normalized spacial score (nSPS) is 14.3. The number of nitrogens with zero attached hydrogens (tertiary/aromatic N) is 3. The van der Waals surface area contributed by atoms with Crippen molar-refractivity contribution in [2.75, 3.05) is 38.2 Å². The second-order valence-corrected chi connectivity index (χ2v) is 9.20. The summed E-state index contributed by atoms with van der Waals surface area (Å²) in [6, 6.07) is 15.7. The number of methoxy groups -OCH3 is 1. The Balaban J connectivity index is 1.53. The van der Waals surface area contributed by atoms with Crippen LogP contribution in [0, 0.1) is 6.92 Å². The van der Waals surface area contributed by atoms with E-state index in [4.69, 9.17) is 14.2 Å². The predicted molar refractivity (Wildman–Crippen MR) is 130 cm³/mol. The number of benzene rings is 2. The Morgan fingerprint density at radius 1 is 0.939 bits per heavy atom. The molecule has 1 fully saturated rings. The maximum atomic E-state index is 12.4. The third kappa shape index (κ3) is 5.48. The minimum atomic E-state index is -0.488. The molecule has 0 spiro atoms. The van der Waals surface area contributed by atoms with E-state index < -0.39 is 5.60 Å². The highest BCUT2D eigenvalue weighted by Crippen LogP contribution is 2.33. The molecule has 0 N–H and O–H groups in total. The van der Waals surface area contributed by atoms with Gasteiger partial charge in [-0.15, -0.1) is 0 Å². The van der Waals surface area contributed by atoms with Crippen LogP contribution < -0.4 is 14.4 Å². The lowest BCUT2D eigenvalue weighted by Gasteiger charge is -2.36. The zero-order valence-corrected chi connectivity index (χ0v) is 19.9. The molecule has 7 heteroatoms. The molecule has 3 aromatic rings. The van der Waals surface area contributed by atoms with E-state index in [2.05, 4.69) is 22.0 Å². The predicted octanol–water partition coefficient (Wildman–Crippen LogP) is 5.40. The van der Waals surface area contributed by atoms with Gasteiger partial charge in [0.1, 0.15) is 22.8 Å². The zero-order chi connectivity index (χ0) is 23.6. The summed E-state index contributed by atoms with van der Waals surface area (Å²) in [5.41, 5.74) is 2.37. The largest absolute Gasteiger partial charge is 0.497 e. The van der Waals surface area contributed by atoms with Crippen LogP contribution in [-0.4, -0.2) is 54.9 Å². The molecule has 1 aliphatic heterocycles. The van der Waals surface area contributed by atoms with Crippen LogP contribution in [0.1, 0.15) is 26.5 Å². The van der Waals surface area contributed by atoms with E-state index in [1.165, 1.54) is 0 Å². The molecule has 0 bridgehead atoms. The van der Waals surface area contributed by atoms with E-state index in [1.54, 1.807) is 12.0 Å². The number of aromatic nitrogens is 1. The molecular formula is C26H31N3O4. The molecule has 33 heavy (non-hydrogen) atoms. The Morgan fingerprint density at radius 2 is 1.61 bits per heavy atom. The summed E-state index contributed by atoms with van der Waals surface area (Å²) in [5.74, 6) is 2.28. The Kier molecular flexibility index (Phi) is 6.31. The summed E-state index contributed by atoms with van der Waals surface area (Å²) in [6.07, 6.45) is -0.254. The first-order valence-electron chi connectivity index (χ1n) is 11.2.